The summed E-state index contributed by atoms with van der Waals surface area (Å²) in [6.45, 7) is 2.77. The predicted molar refractivity (Wildman–Crippen MR) is 164 cm³/mol. The molecule has 9 heteroatoms. The van der Waals surface area contributed by atoms with Crippen molar-refractivity contribution in [3.05, 3.63) is 71.7 Å². The third-order valence-corrected chi connectivity index (χ3v) is 8.73. The Bertz CT molecular complexity index is 1580. The average molecular weight is 586 g/mol. The number of morpholine rings is 1. The first-order valence-electron chi connectivity index (χ1n) is 15.1. The lowest BCUT2D eigenvalue weighted by Crippen LogP contribution is -2.42. The van der Waals surface area contributed by atoms with Crippen LogP contribution in [0, 0.1) is 0 Å². The smallest absolute Gasteiger partial charge is 0.251 e. The molecule has 2 aromatic carbocycles. The van der Waals surface area contributed by atoms with Crippen LogP contribution in [0.3, 0.4) is 0 Å². The van der Waals surface area contributed by atoms with Crippen LogP contribution >= 0.6 is 0 Å². The zero-order valence-electron chi connectivity index (χ0n) is 24.9. The van der Waals surface area contributed by atoms with Gasteiger partial charge >= 0.3 is 0 Å². The van der Waals surface area contributed by atoms with Crippen molar-refractivity contribution in [2.75, 3.05) is 40.5 Å². The van der Waals surface area contributed by atoms with E-state index in [2.05, 4.69) is 16.0 Å². The van der Waals surface area contributed by atoms with Crippen molar-refractivity contribution in [1.29, 1.82) is 0 Å². The summed E-state index contributed by atoms with van der Waals surface area (Å²) in [5, 5.41) is 4.14. The van der Waals surface area contributed by atoms with Crippen molar-refractivity contribution in [3.63, 3.8) is 0 Å². The van der Waals surface area contributed by atoms with Crippen molar-refractivity contribution in [2.45, 2.75) is 51.1 Å². The van der Waals surface area contributed by atoms with Gasteiger partial charge in [0.2, 0.25) is 5.91 Å². The zero-order chi connectivity index (χ0) is 29.8. The SMILES string of the molecule is COc1ccc(CNC(=O)c2ccc3c(C4CCCCC4)c(-c4ccoc4)n(CC(=O)N4CCOCC4)c3c2)cc1OC. The molecule has 9 nitrogen and oxygen atoms in total. The number of amides is 2. The Hall–Kier alpha value is -4.24. The van der Waals surface area contributed by atoms with Gasteiger partial charge in [-0.05, 0) is 60.2 Å². The van der Waals surface area contributed by atoms with E-state index < -0.39 is 0 Å². The lowest BCUT2D eigenvalue weighted by Gasteiger charge is -2.27. The molecule has 1 saturated heterocycles. The van der Waals surface area contributed by atoms with Crippen LogP contribution in [0.2, 0.25) is 0 Å². The zero-order valence-corrected chi connectivity index (χ0v) is 24.9. The van der Waals surface area contributed by atoms with Gasteiger partial charge in [-0.1, -0.05) is 31.4 Å². The summed E-state index contributed by atoms with van der Waals surface area (Å²) >= 11 is 0. The molecule has 0 atom stereocenters. The number of methoxy groups -OCH3 is 2. The van der Waals surface area contributed by atoms with Crippen LogP contribution < -0.4 is 14.8 Å². The third-order valence-electron chi connectivity index (χ3n) is 8.73. The summed E-state index contributed by atoms with van der Waals surface area (Å²) in [5.74, 6) is 1.49. The number of ether oxygens (including phenoxy) is 3. The van der Waals surface area contributed by atoms with Crippen LogP contribution in [-0.2, 0) is 22.6 Å². The van der Waals surface area contributed by atoms with E-state index in [1.165, 1.54) is 24.8 Å². The first-order chi connectivity index (χ1) is 21.1. The Morgan fingerprint density at radius 1 is 0.953 bits per heavy atom. The predicted octanol–water partition coefficient (Wildman–Crippen LogP) is 5.76. The van der Waals surface area contributed by atoms with Crippen molar-refractivity contribution in [2.24, 2.45) is 0 Å². The van der Waals surface area contributed by atoms with E-state index in [0.29, 0.717) is 55.8 Å². The molecule has 226 valence electrons. The normalized spacial score (nSPS) is 15.9. The van der Waals surface area contributed by atoms with Crippen molar-refractivity contribution in [3.8, 4) is 22.8 Å². The molecule has 6 rings (SSSR count). The van der Waals surface area contributed by atoms with Crippen LogP contribution in [0.1, 0.15) is 59.5 Å². The van der Waals surface area contributed by atoms with Gasteiger partial charge in [-0.25, -0.2) is 0 Å². The lowest BCUT2D eigenvalue weighted by molar-refractivity contribution is -0.135. The van der Waals surface area contributed by atoms with Crippen LogP contribution in [0.15, 0.2) is 59.4 Å². The lowest BCUT2D eigenvalue weighted by atomic mass is 9.82. The maximum atomic E-state index is 13.6. The van der Waals surface area contributed by atoms with E-state index in [1.807, 2.05) is 41.3 Å². The summed E-state index contributed by atoms with van der Waals surface area (Å²) in [4.78, 5) is 29.0. The molecule has 4 aromatic rings. The molecule has 2 aromatic heterocycles. The summed E-state index contributed by atoms with van der Waals surface area (Å²) in [5.41, 5.74) is 5.54. The Kier molecular flexibility index (Phi) is 8.69. The second kappa shape index (κ2) is 13.0. The number of nitrogens with one attached hydrogen (secondary N) is 1. The second-order valence-electron chi connectivity index (χ2n) is 11.3. The standard InChI is InChI=1S/C34H39N3O6/c1-40-29-11-8-23(18-30(29)41-2)20-35-34(39)25-9-10-27-28(19-25)37(21-31(38)36-13-16-42-17-14-36)33(26-12-15-43-22-26)32(27)24-6-4-3-5-7-24/h8-12,15,18-19,22,24H,3-7,13-14,16-17,20-21H2,1-2H3,(H,35,39). The quantitative estimate of drug-likeness (QED) is 0.269. The van der Waals surface area contributed by atoms with Gasteiger partial charge in [-0.3, -0.25) is 9.59 Å². The van der Waals surface area contributed by atoms with Crippen molar-refractivity contribution < 1.29 is 28.2 Å². The number of furan rings is 1. The highest BCUT2D eigenvalue weighted by molar-refractivity contribution is 6.01. The highest BCUT2D eigenvalue weighted by atomic mass is 16.5. The molecule has 3 heterocycles. The number of nitrogens with zero attached hydrogens (tertiary/aromatic N) is 2. The third kappa shape index (κ3) is 5.99. The largest absolute Gasteiger partial charge is 0.493 e. The molecular weight excluding hydrogens is 546 g/mol. The van der Waals surface area contributed by atoms with Crippen LogP contribution in [0.25, 0.3) is 22.2 Å². The molecule has 0 bridgehead atoms. The molecular formula is C34H39N3O6. The van der Waals surface area contributed by atoms with Gasteiger partial charge in [0, 0.05) is 36.1 Å². The number of rotatable bonds is 9. The fourth-order valence-corrected chi connectivity index (χ4v) is 6.52. The molecule has 1 saturated carbocycles. The molecule has 1 aliphatic carbocycles. The topological polar surface area (TPSA) is 95.2 Å². The van der Waals surface area contributed by atoms with E-state index in [4.69, 9.17) is 18.6 Å². The van der Waals surface area contributed by atoms with Gasteiger partial charge in [0.25, 0.3) is 5.91 Å². The Morgan fingerprint density at radius 2 is 1.74 bits per heavy atom. The highest BCUT2D eigenvalue weighted by Gasteiger charge is 2.29. The van der Waals surface area contributed by atoms with Crippen molar-refractivity contribution in [1.82, 2.24) is 14.8 Å². The van der Waals surface area contributed by atoms with Gasteiger partial charge in [0.1, 0.15) is 6.54 Å². The molecule has 0 spiro atoms. The molecule has 1 aliphatic heterocycles. The first kappa shape index (κ1) is 28.9. The number of hydrogen-bond donors (Lipinski definition) is 1. The minimum atomic E-state index is -0.187. The molecule has 0 radical (unpaired) electrons. The van der Waals surface area contributed by atoms with Crippen LogP contribution in [0.5, 0.6) is 11.5 Å². The highest BCUT2D eigenvalue weighted by Crippen LogP contribution is 2.44. The fourth-order valence-electron chi connectivity index (χ4n) is 6.52. The maximum Gasteiger partial charge on any atom is 0.251 e. The minimum Gasteiger partial charge on any atom is -0.493 e. The summed E-state index contributed by atoms with van der Waals surface area (Å²) < 4.78 is 23.9. The van der Waals surface area contributed by atoms with Crippen molar-refractivity contribution >= 4 is 22.7 Å². The molecule has 43 heavy (non-hydrogen) atoms. The van der Waals surface area contributed by atoms with Gasteiger partial charge in [-0.2, -0.15) is 0 Å². The van der Waals surface area contributed by atoms with E-state index in [0.717, 1.165) is 40.6 Å². The summed E-state index contributed by atoms with van der Waals surface area (Å²) in [7, 11) is 3.19. The number of aromatic nitrogens is 1. The maximum absolute atomic E-state index is 13.6. The fraction of sp³-hybridized carbons (Fsp3) is 0.412. The second-order valence-corrected chi connectivity index (χ2v) is 11.3. The van der Waals surface area contributed by atoms with E-state index in [9.17, 15) is 9.59 Å². The van der Waals surface area contributed by atoms with Gasteiger partial charge in [0.05, 0.1) is 51.2 Å². The first-order valence-corrected chi connectivity index (χ1v) is 15.1. The molecule has 2 amide bonds. The number of hydrogen-bond acceptors (Lipinski definition) is 6. The van der Waals surface area contributed by atoms with E-state index in [-0.39, 0.29) is 18.4 Å². The monoisotopic (exact) mass is 585 g/mol. The van der Waals surface area contributed by atoms with E-state index >= 15 is 0 Å². The summed E-state index contributed by atoms with van der Waals surface area (Å²) in [6.07, 6.45) is 9.27. The van der Waals surface area contributed by atoms with Crippen LogP contribution in [-0.4, -0.2) is 61.8 Å². The summed E-state index contributed by atoms with van der Waals surface area (Å²) in [6, 6.07) is 13.4. The van der Waals surface area contributed by atoms with Gasteiger partial charge in [0.15, 0.2) is 11.5 Å². The molecule has 2 aliphatic rings. The Labute approximate surface area is 251 Å². The number of carbonyl (C=O) groups is 2. The number of carbonyl (C=O) groups excluding carboxylic acids is 2. The Morgan fingerprint density at radius 3 is 2.47 bits per heavy atom. The van der Waals surface area contributed by atoms with Gasteiger partial charge < -0.3 is 33.4 Å². The number of benzene rings is 2. The molecule has 0 unspecified atom stereocenters. The van der Waals surface area contributed by atoms with E-state index in [1.54, 1.807) is 26.7 Å². The molecule has 1 N–H and O–H groups in total. The van der Waals surface area contributed by atoms with Crippen LogP contribution in [0.4, 0.5) is 0 Å². The molecule has 2 fully saturated rings. The average Bonchev–Trinajstić information content (AvgIpc) is 3.70. The Balaban J connectivity index is 1.38. The number of fused-ring (bicyclic) bond motifs is 1. The minimum absolute atomic E-state index is 0.0449. The van der Waals surface area contributed by atoms with Gasteiger partial charge in [-0.15, -0.1) is 0 Å².